The number of hydrogen-bond donors (Lipinski definition) is 2. The SMILES string of the molecule is CCOc1ccc(NC2(O)CC(C)Cc3ccccc32)cc1. The van der Waals surface area contributed by atoms with Crippen LogP contribution in [0.1, 0.15) is 31.4 Å². The number of fused-ring (bicyclic) bond motifs is 1. The number of rotatable bonds is 4. The summed E-state index contributed by atoms with van der Waals surface area (Å²) < 4.78 is 5.46. The lowest BCUT2D eigenvalue weighted by Crippen LogP contribution is -2.41. The minimum absolute atomic E-state index is 0.440. The van der Waals surface area contributed by atoms with Crippen LogP contribution < -0.4 is 10.1 Å². The summed E-state index contributed by atoms with van der Waals surface area (Å²) in [5, 5.41) is 14.5. The van der Waals surface area contributed by atoms with Crippen LogP contribution in [-0.2, 0) is 12.1 Å². The zero-order chi connectivity index (χ0) is 15.6. The van der Waals surface area contributed by atoms with E-state index in [1.54, 1.807) is 0 Å². The lowest BCUT2D eigenvalue weighted by atomic mass is 9.79. The van der Waals surface area contributed by atoms with Gasteiger partial charge < -0.3 is 15.2 Å². The van der Waals surface area contributed by atoms with E-state index in [2.05, 4.69) is 18.3 Å². The summed E-state index contributed by atoms with van der Waals surface area (Å²) in [6, 6.07) is 15.9. The van der Waals surface area contributed by atoms with Crippen molar-refractivity contribution in [3.05, 3.63) is 59.7 Å². The number of hydrogen-bond acceptors (Lipinski definition) is 3. The Morgan fingerprint density at radius 3 is 2.64 bits per heavy atom. The molecule has 0 radical (unpaired) electrons. The van der Waals surface area contributed by atoms with Crippen LogP contribution in [0, 0.1) is 5.92 Å². The largest absolute Gasteiger partial charge is 0.494 e. The molecule has 0 fully saturated rings. The Balaban J connectivity index is 1.87. The third-order valence-corrected chi connectivity index (χ3v) is 4.19. The van der Waals surface area contributed by atoms with Crippen molar-refractivity contribution in [2.24, 2.45) is 5.92 Å². The molecule has 0 aliphatic heterocycles. The number of nitrogens with one attached hydrogen (secondary N) is 1. The highest BCUT2D eigenvalue weighted by Gasteiger charge is 2.37. The molecule has 0 aromatic heterocycles. The van der Waals surface area contributed by atoms with Crippen molar-refractivity contribution in [1.82, 2.24) is 0 Å². The third-order valence-electron chi connectivity index (χ3n) is 4.19. The second-order valence-corrected chi connectivity index (χ2v) is 6.11. The average Bonchev–Trinajstić information content (AvgIpc) is 2.49. The van der Waals surface area contributed by atoms with E-state index in [-0.39, 0.29) is 0 Å². The molecule has 3 nitrogen and oxygen atoms in total. The maximum Gasteiger partial charge on any atom is 0.162 e. The molecule has 116 valence electrons. The number of benzene rings is 2. The molecule has 0 saturated heterocycles. The minimum atomic E-state index is -1.01. The maximum atomic E-state index is 11.2. The van der Waals surface area contributed by atoms with Gasteiger partial charge in [-0.25, -0.2) is 0 Å². The molecule has 0 spiro atoms. The van der Waals surface area contributed by atoms with Gasteiger partial charge in [0.2, 0.25) is 0 Å². The lowest BCUT2D eigenvalue weighted by Gasteiger charge is -2.38. The summed E-state index contributed by atoms with van der Waals surface area (Å²) in [5.41, 5.74) is 2.10. The monoisotopic (exact) mass is 297 g/mol. The molecule has 2 aromatic carbocycles. The lowest BCUT2D eigenvalue weighted by molar-refractivity contribution is 0.0330. The van der Waals surface area contributed by atoms with E-state index in [0.29, 0.717) is 18.9 Å². The highest BCUT2D eigenvalue weighted by atomic mass is 16.5. The molecular weight excluding hydrogens is 274 g/mol. The van der Waals surface area contributed by atoms with Crippen molar-refractivity contribution in [2.45, 2.75) is 32.4 Å². The molecule has 0 saturated carbocycles. The van der Waals surface area contributed by atoms with Crippen molar-refractivity contribution >= 4 is 5.69 Å². The number of ether oxygens (including phenoxy) is 1. The van der Waals surface area contributed by atoms with Crippen LogP contribution in [-0.4, -0.2) is 11.7 Å². The van der Waals surface area contributed by atoms with E-state index >= 15 is 0 Å². The Hall–Kier alpha value is -2.00. The summed E-state index contributed by atoms with van der Waals surface area (Å²) in [5.74, 6) is 1.28. The summed E-state index contributed by atoms with van der Waals surface area (Å²) in [6.07, 6.45) is 1.72. The van der Waals surface area contributed by atoms with E-state index < -0.39 is 5.72 Å². The summed E-state index contributed by atoms with van der Waals surface area (Å²) >= 11 is 0. The van der Waals surface area contributed by atoms with Crippen molar-refractivity contribution < 1.29 is 9.84 Å². The first kappa shape index (κ1) is 14.9. The molecule has 2 aromatic rings. The van der Waals surface area contributed by atoms with Gasteiger partial charge in [0.15, 0.2) is 5.72 Å². The van der Waals surface area contributed by atoms with Gasteiger partial charge in [0, 0.05) is 17.7 Å². The average molecular weight is 297 g/mol. The van der Waals surface area contributed by atoms with Crippen LogP contribution in [0.3, 0.4) is 0 Å². The first-order valence-electron chi connectivity index (χ1n) is 7.92. The molecule has 3 rings (SSSR count). The fraction of sp³-hybridized carbons (Fsp3) is 0.368. The van der Waals surface area contributed by atoms with Crippen LogP contribution in [0.15, 0.2) is 48.5 Å². The predicted molar refractivity (Wildman–Crippen MR) is 89.1 cm³/mol. The van der Waals surface area contributed by atoms with E-state index in [0.717, 1.165) is 23.4 Å². The number of aliphatic hydroxyl groups is 1. The molecule has 0 bridgehead atoms. The Labute approximate surface area is 131 Å². The highest BCUT2D eigenvalue weighted by Crippen LogP contribution is 2.38. The van der Waals surface area contributed by atoms with E-state index in [4.69, 9.17) is 4.74 Å². The normalized spacial score (nSPS) is 23.7. The minimum Gasteiger partial charge on any atom is -0.494 e. The maximum absolute atomic E-state index is 11.2. The Bertz CT molecular complexity index is 638. The van der Waals surface area contributed by atoms with Crippen LogP contribution in [0.2, 0.25) is 0 Å². The second kappa shape index (κ2) is 6.01. The second-order valence-electron chi connectivity index (χ2n) is 6.11. The van der Waals surface area contributed by atoms with E-state index in [1.807, 2.05) is 49.4 Å². The fourth-order valence-electron chi connectivity index (χ4n) is 3.32. The van der Waals surface area contributed by atoms with Crippen LogP contribution in [0.25, 0.3) is 0 Å². The van der Waals surface area contributed by atoms with Gasteiger partial charge in [-0.3, -0.25) is 0 Å². The first-order valence-corrected chi connectivity index (χ1v) is 7.92. The van der Waals surface area contributed by atoms with Gasteiger partial charge in [0.05, 0.1) is 6.61 Å². The van der Waals surface area contributed by atoms with Crippen molar-refractivity contribution in [2.75, 3.05) is 11.9 Å². The first-order chi connectivity index (χ1) is 10.6. The zero-order valence-electron chi connectivity index (χ0n) is 13.2. The Morgan fingerprint density at radius 1 is 1.18 bits per heavy atom. The molecule has 1 aliphatic rings. The van der Waals surface area contributed by atoms with Gasteiger partial charge in [0.25, 0.3) is 0 Å². The van der Waals surface area contributed by atoms with Gasteiger partial charge in [-0.2, -0.15) is 0 Å². The Kier molecular flexibility index (Phi) is 4.08. The fourth-order valence-corrected chi connectivity index (χ4v) is 3.32. The van der Waals surface area contributed by atoms with Crippen molar-refractivity contribution in [3.8, 4) is 5.75 Å². The topological polar surface area (TPSA) is 41.5 Å². The van der Waals surface area contributed by atoms with Crippen molar-refractivity contribution in [1.29, 1.82) is 0 Å². The summed E-state index contributed by atoms with van der Waals surface area (Å²) in [6.45, 7) is 4.80. The molecule has 22 heavy (non-hydrogen) atoms. The summed E-state index contributed by atoms with van der Waals surface area (Å²) in [7, 11) is 0. The van der Waals surface area contributed by atoms with E-state index in [1.165, 1.54) is 5.56 Å². The van der Waals surface area contributed by atoms with Gasteiger partial charge in [-0.05, 0) is 49.1 Å². The van der Waals surface area contributed by atoms with Gasteiger partial charge in [-0.15, -0.1) is 0 Å². The quantitative estimate of drug-likeness (QED) is 0.840. The van der Waals surface area contributed by atoms with Gasteiger partial charge >= 0.3 is 0 Å². The summed E-state index contributed by atoms with van der Waals surface area (Å²) in [4.78, 5) is 0. The van der Waals surface area contributed by atoms with Crippen LogP contribution >= 0.6 is 0 Å². The molecule has 2 N–H and O–H groups in total. The highest BCUT2D eigenvalue weighted by molar-refractivity contribution is 5.51. The van der Waals surface area contributed by atoms with Crippen molar-refractivity contribution in [3.63, 3.8) is 0 Å². The molecule has 2 atom stereocenters. The zero-order valence-corrected chi connectivity index (χ0v) is 13.2. The predicted octanol–water partition coefficient (Wildman–Crippen LogP) is 3.92. The smallest absolute Gasteiger partial charge is 0.162 e. The molecule has 0 amide bonds. The molecule has 0 heterocycles. The van der Waals surface area contributed by atoms with E-state index in [9.17, 15) is 5.11 Å². The molecular formula is C19H23NO2. The number of anilines is 1. The third kappa shape index (κ3) is 2.95. The van der Waals surface area contributed by atoms with Gasteiger partial charge in [-0.1, -0.05) is 31.2 Å². The molecule has 3 heteroatoms. The van der Waals surface area contributed by atoms with Crippen LogP contribution in [0.4, 0.5) is 5.69 Å². The molecule has 2 unspecified atom stereocenters. The Morgan fingerprint density at radius 2 is 1.91 bits per heavy atom. The molecule has 1 aliphatic carbocycles. The van der Waals surface area contributed by atoms with Crippen LogP contribution in [0.5, 0.6) is 5.75 Å². The standard InChI is InChI=1S/C19H23NO2/c1-3-22-17-10-8-16(9-11-17)20-19(21)13-14(2)12-15-6-4-5-7-18(15)19/h4-11,14,20-21H,3,12-13H2,1-2H3. The van der Waals surface area contributed by atoms with Gasteiger partial charge in [0.1, 0.15) is 5.75 Å².